The zero-order valence-corrected chi connectivity index (χ0v) is 13.3. The van der Waals surface area contributed by atoms with E-state index in [4.69, 9.17) is 0 Å². The Bertz CT molecular complexity index is 594. The quantitative estimate of drug-likeness (QED) is 0.904. The highest BCUT2D eigenvalue weighted by atomic mass is 79.9. The smallest absolute Gasteiger partial charge is 0.282 e. The van der Waals surface area contributed by atoms with E-state index >= 15 is 0 Å². The van der Waals surface area contributed by atoms with Crippen LogP contribution in [0.25, 0.3) is 0 Å². The van der Waals surface area contributed by atoms with Crippen LogP contribution in [0.5, 0.6) is 0 Å². The molecule has 2 heterocycles. The minimum absolute atomic E-state index is 0.133. The molecule has 2 aromatic rings. The molecule has 0 aromatic carbocycles. The average molecular weight is 342 g/mol. The fraction of sp³-hybridized carbons (Fsp3) is 0.385. The monoisotopic (exact) mass is 341 g/mol. The molecule has 0 saturated carbocycles. The number of anilines is 1. The van der Waals surface area contributed by atoms with Crippen molar-refractivity contribution in [2.24, 2.45) is 7.05 Å². The topological polar surface area (TPSA) is 46.9 Å². The molecule has 2 rings (SSSR count). The maximum atomic E-state index is 11.8. The summed E-state index contributed by atoms with van der Waals surface area (Å²) in [7, 11) is 1.64. The Kier molecular flexibility index (Phi) is 4.76. The predicted octanol–water partition coefficient (Wildman–Crippen LogP) is 3.56. The van der Waals surface area contributed by atoms with Crippen LogP contribution < -0.4 is 10.9 Å². The molecule has 4 nitrogen and oxygen atoms in total. The Hall–Kier alpha value is -1.14. The van der Waals surface area contributed by atoms with Crippen molar-refractivity contribution >= 4 is 33.0 Å². The second kappa shape index (κ2) is 6.34. The van der Waals surface area contributed by atoms with Crippen LogP contribution in [0.4, 0.5) is 5.69 Å². The fourth-order valence-electron chi connectivity index (χ4n) is 1.86. The van der Waals surface area contributed by atoms with Crippen LogP contribution in [-0.2, 0) is 7.05 Å². The molecule has 102 valence electrons. The molecule has 1 N–H and O–H groups in total. The molecule has 2 aromatic heterocycles. The summed E-state index contributed by atoms with van der Waals surface area (Å²) in [5.74, 6) is 0. The SMILES string of the molecule is CCCC(Nc1cnn(C)c(=O)c1Br)c1cccs1. The van der Waals surface area contributed by atoms with Crippen molar-refractivity contribution in [3.05, 3.63) is 43.4 Å². The standard InChI is InChI=1S/C13H16BrN3OS/c1-3-5-9(11-6-4-7-19-11)16-10-8-15-17(2)13(18)12(10)14/h4,6-9,16H,3,5H2,1-2H3. The zero-order chi connectivity index (χ0) is 13.8. The maximum Gasteiger partial charge on any atom is 0.282 e. The van der Waals surface area contributed by atoms with Gasteiger partial charge in [0, 0.05) is 11.9 Å². The van der Waals surface area contributed by atoms with Gasteiger partial charge in [0.25, 0.3) is 5.56 Å². The number of nitrogens with one attached hydrogen (secondary N) is 1. The van der Waals surface area contributed by atoms with Gasteiger partial charge in [-0.05, 0) is 33.8 Å². The van der Waals surface area contributed by atoms with Crippen molar-refractivity contribution < 1.29 is 0 Å². The first kappa shape index (κ1) is 14.3. The van der Waals surface area contributed by atoms with Gasteiger partial charge >= 0.3 is 0 Å². The minimum atomic E-state index is -0.133. The highest BCUT2D eigenvalue weighted by Gasteiger charge is 2.15. The molecule has 0 aliphatic carbocycles. The number of rotatable bonds is 5. The molecule has 6 heteroatoms. The molecule has 0 spiro atoms. The summed E-state index contributed by atoms with van der Waals surface area (Å²) < 4.78 is 1.84. The average Bonchev–Trinajstić information content (AvgIpc) is 2.92. The van der Waals surface area contributed by atoms with Gasteiger partial charge in [-0.15, -0.1) is 11.3 Å². The van der Waals surface area contributed by atoms with Gasteiger partial charge in [0.2, 0.25) is 0 Å². The van der Waals surface area contributed by atoms with Gasteiger partial charge in [-0.1, -0.05) is 19.4 Å². The number of hydrogen-bond acceptors (Lipinski definition) is 4. The first-order valence-electron chi connectivity index (χ1n) is 6.15. The lowest BCUT2D eigenvalue weighted by molar-refractivity contribution is 0.674. The van der Waals surface area contributed by atoms with E-state index in [-0.39, 0.29) is 11.6 Å². The van der Waals surface area contributed by atoms with E-state index in [0.29, 0.717) is 4.47 Å². The van der Waals surface area contributed by atoms with Crippen LogP contribution in [0.1, 0.15) is 30.7 Å². The van der Waals surface area contributed by atoms with Gasteiger partial charge < -0.3 is 5.32 Å². The lowest BCUT2D eigenvalue weighted by atomic mass is 10.1. The number of hydrogen-bond donors (Lipinski definition) is 1. The molecule has 0 saturated heterocycles. The van der Waals surface area contributed by atoms with Crippen LogP contribution in [-0.4, -0.2) is 9.78 Å². The van der Waals surface area contributed by atoms with Gasteiger partial charge in [0.1, 0.15) is 4.47 Å². The Morgan fingerprint density at radius 2 is 2.37 bits per heavy atom. The highest BCUT2D eigenvalue weighted by Crippen LogP contribution is 2.29. The van der Waals surface area contributed by atoms with E-state index in [9.17, 15) is 4.79 Å². The number of halogens is 1. The molecule has 0 aliphatic heterocycles. The summed E-state index contributed by atoms with van der Waals surface area (Å²) >= 11 is 5.06. The van der Waals surface area contributed by atoms with Crippen molar-refractivity contribution in [2.45, 2.75) is 25.8 Å². The number of aromatic nitrogens is 2. The summed E-state index contributed by atoms with van der Waals surface area (Å²) in [6, 6.07) is 4.37. The van der Waals surface area contributed by atoms with Gasteiger partial charge in [0.15, 0.2) is 0 Å². The molecule has 0 aliphatic rings. The molecule has 0 amide bonds. The van der Waals surface area contributed by atoms with Crippen LogP contribution in [0.2, 0.25) is 0 Å². The Morgan fingerprint density at radius 1 is 1.58 bits per heavy atom. The fourth-order valence-corrected chi connectivity index (χ4v) is 3.15. The predicted molar refractivity (Wildman–Crippen MR) is 82.8 cm³/mol. The molecular formula is C13H16BrN3OS. The first-order valence-corrected chi connectivity index (χ1v) is 7.82. The highest BCUT2D eigenvalue weighted by molar-refractivity contribution is 9.10. The molecule has 19 heavy (non-hydrogen) atoms. The Balaban J connectivity index is 2.27. The van der Waals surface area contributed by atoms with E-state index in [0.717, 1.165) is 18.5 Å². The zero-order valence-electron chi connectivity index (χ0n) is 10.9. The van der Waals surface area contributed by atoms with E-state index in [1.807, 2.05) is 6.07 Å². The van der Waals surface area contributed by atoms with Crippen molar-refractivity contribution in [1.29, 1.82) is 0 Å². The van der Waals surface area contributed by atoms with Gasteiger partial charge in [0.05, 0.1) is 17.9 Å². The lowest BCUT2D eigenvalue weighted by Crippen LogP contribution is -2.22. The Morgan fingerprint density at radius 3 is 3.00 bits per heavy atom. The lowest BCUT2D eigenvalue weighted by Gasteiger charge is -2.18. The largest absolute Gasteiger partial charge is 0.375 e. The molecule has 0 bridgehead atoms. The van der Waals surface area contributed by atoms with Crippen molar-refractivity contribution in [1.82, 2.24) is 9.78 Å². The summed E-state index contributed by atoms with van der Waals surface area (Å²) in [5.41, 5.74) is 0.612. The van der Waals surface area contributed by atoms with Crippen molar-refractivity contribution in [3.63, 3.8) is 0 Å². The summed E-state index contributed by atoms with van der Waals surface area (Å²) in [6.45, 7) is 2.15. The first-order chi connectivity index (χ1) is 9.13. The Labute approximate surface area is 124 Å². The van der Waals surface area contributed by atoms with Crippen LogP contribution in [0, 0.1) is 0 Å². The second-order valence-corrected chi connectivity index (χ2v) is 6.07. The summed E-state index contributed by atoms with van der Waals surface area (Å²) in [5, 5.41) is 9.52. The summed E-state index contributed by atoms with van der Waals surface area (Å²) in [4.78, 5) is 13.1. The van der Waals surface area contributed by atoms with E-state index < -0.39 is 0 Å². The second-order valence-electron chi connectivity index (χ2n) is 4.30. The van der Waals surface area contributed by atoms with E-state index in [1.165, 1.54) is 9.56 Å². The number of thiophene rings is 1. The van der Waals surface area contributed by atoms with Gasteiger partial charge in [-0.25, -0.2) is 4.68 Å². The van der Waals surface area contributed by atoms with Crippen LogP contribution in [0.15, 0.2) is 33.0 Å². The number of aryl methyl sites for hydroxylation is 1. The minimum Gasteiger partial charge on any atom is -0.375 e. The third-order valence-electron chi connectivity index (χ3n) is 2.87. The third-order valence-corrected chi connectivity index (χ3v) is 4.62. The third kappa shape index (κ3) is 3.25. The van der Waals surface area contributed by atoms with E-state index in [1.54, 1.807) is 24.6 Å². The molecule has 0 radical (unpaired) electrons. The summed E-state index contributed by atoms with van der Waals surface area (Å²) in [6.07, 6.45) is 3.77. The normalized spacial score (nSPS) is 12.4. The molecule has 1 unspecified atom stereocenters. The van der Waals surface area contributed by atoms with E-state index in [2.05, 4.69) is 44.7 Å². The van der Waals surface area contributed by atoms with Gasteiger partial charge in [-0.3, -0.25) is 4.79 Å². The van der Waals surface area contributed by atoms with Crippen LogP contribution >= 0.6 is 27.3 Å². The van der Waals surface area contributed by atoms with Crippen LogP contribution in [0.3, 0.4) is 0 Å². The molecule has 0 fully saturated rings. The van der Waals surface area contributed by atoms with Crippen molar-refractivity contribution in [3.8, 4) is 0 Å². The number of nitrogens with zero attached hydrogens (tertiary/aromatic N) is 2. The molecular weight excluding hydrogens is 326 g/mol. The van der Waals surface area contributed by atoms with Crippen molar-refractivity contribution in [2.75, 3.05) is 5.32 Å². The van der Waals surface area contributed by atoms with Gasteiger partial charge in [-0.2, -0.15) is 5.10 Å². The molecule has 1 atom stereocenters. The maximum absolute atomic E-state index is 11.8.